The summed E-state index contributed by atoms with van der Waals surface area (Å²) in [5.74, 6) is 0.0129. The van der Waals surface area contributed by atoms with Gasteiger partial charge in [-0.05, 0) is 30.4 Å². The van der Waals surface area contributed by atoms with Crippen molar-refractivity contribution in [2.24, 2.45) is 11.3 Å². The van der Waals surface area contributed by atoms with Gasteiger partial charge in [0.25, 0.3) is 0 Å². The smallest absolute Gasteiger partial charge is 0.334 e. The third kappa shape index (κ3) is 1.11. The lowest BCUT2D eigenvalue weighted by Gasteiger charge is -2.49. The van der Waals surface area contributed by atoms with Crippen molar-refractivity contribution in [3.05, 3.63) is 22.8 Å². The van der Waals surface area contributed by atoms with Gasteiger partial charge in [-0.3, -0.25) is 0 Å². The van der Waals surface area contributed by atoms with E-state index in [1.165, 1.54) is 0 Å². The van der Waals surface area contributed by atoms with Gasteiger partial charge in [0.15, 0.2) is 5.60 Å². The van der Waals surface area contributed by atoms with Gasteiger partial charge in [0.2, 0.25) is 0 Å². The SMILES string of the molecule is CC(C)[C@]12O[C@H]1[C@@H]1O[C@]13[C@]1(O[C@H]1C=C1C4=C(CC[C@@]13C)C(=O)OC4)[C@@H]2O. The third-order valence-electron chi connectivity index (χ3n) is 8.54. The molecular weight excluding hydrogens is 336 g/mol. The Labute approximate surface area is 151 Å². The maximum absolute atomic E-state index is 12.0. The molecule has 0 aromatic carbocycles. The zero-order valence-corrected chi connectivity index (χ0v) is 15.1. The molecule has 0 amide bonds. The molecule has 4 heterocycles. The Morgan fingerprint density at radius 1 is 1.19 bits per heavy atom. The summed E-state index contributed by atoms with van der Waals surface area (Å²) in [4.78, 5) is 12.0. The predicted molar refractivity (Wildman–Crippen MR) is 87.1 cm³/mol. The second-order valence-corrected chi connectivity index (χ2v) is 9.50. The summed E-state index contributed by atoms with van der Waals surface area (Å²) in [7, 11) is 0. The van der Waals surface area contributed by atoms with Gasteiger partial charge in [0, 0.05) is 16.6 Å². The van der Waals surface area contributed by atoms with Crippen LogP contribution in [-0.2, 0) is 23.7 Å². The molecule has 1 saturated carbocycles. The molecule has 6 heteroatoms. The normalized spacial score (nSPS) is 60.0. The molecular formula is C20H22O6. The minimum Gasteiger partial charge on any atom is -0.457 e. The second kappa shape index (κ2) is 3.70. The number of hydrogen-bond acceptors (Lipinski definition) is 6. The van der Waals surface area contributed by atoms with Crippen molar-refractivity contribution in [1.29, 1.82) is 0 Å². The average molecular weight is 358 g/mol. The molecule has 0 aromatic rings. The van der Waals surface area contributed by atoms with Crippen LogP contribution in [0.25, 0.3) is 0 Å². The lowest BCUT2D eigenvalue weighted by Crippen LogP contribution is -2.67. The van der Waals surface area contributed by atoms with Gasteiger partial charge in [0.05, 0.1) is 0 Å². The summed E-state index contributed by atoms with van der Waals surface area (Å²) in [6.45, 7) is 6.74. The summed E-state index contributed by atoms with van der Waals surface area (Å²) in [5.41, 5.74) is 0.844. The van der Waals surface area contributed by atoms with E-state index in [9.17, 15) is 9.90 Å². The highest BCUT2D eigenvalue weighted by atomic mass is 16.7. The van der Waals surface area contributed by atoms with Gasteiger partial charge < -0.3 is 24.1 Å². The Kier molecular flexibility index (Phi) is 2.11. The standard InChI is InChI=1S/C20H22O6/c1-8(2)18-13(25-18)14-20(26-14)17(3)5-4-9-10(7-23-15(9)21)11(17)6-12-19(20,24-12)16(18)22/h6,8,12-14,16,22H,4-5,7H2,1-3H3/t12-,13-,14-,16+,17-,18-,19+,20+/m0/s1. The van der Waals surface area contributed by atoms with Crippen LogP contribution in [-0.4, -0.2) is 58.9 Å². The second-order valence-electron chi connectivity index (χ2n) is 9.50. The Balaban J connectivity index is 1.43. The van der Waals surface area contributed by atoms with Gasteiger partial charge in [-0.15, -0.1) is 0 Å². The molecule has 8 atom stereocenters. The molecule has 7 rings (SSSR count). The van der Waals surface area contributed by atoms with Crippen molar-refractivity contribution in [1.82, 2.24) is 0 Å². The molecule has 7 aliphatic rings. The number of hydrogen-bond donors (Lipinski definition) is 1. The molecule has 0 aromatic heterocycles. The quantitative estimate of drug-likeness (QED) is 0.557. The largest absolute Gasteiger partial charge is 0.457 e. The number of epoxide rings is 3. The minimum atomic E-state index is -0.714. The molecule has 2 spiro atoms. The summed E-state index contributed by atoms with van der Waals surface area (Å²) >= 11 is 0. The van der Waals surface area contributed by atoms with Gasteiger partial charge in [0.1, 0.15) is 42.2 Å². The van der Waals surface area contributed by atoms with Gasteiger partial charge in [-0.1, -0.05) is 20.8 Å². The van der Waals surface area contributed by atoms with Gasteiger partial charge in [-0.25, -0.2) is 4.79 Å². The highest BCUT2D eigenvalue weighted by Crippen LogP contribution is 2.81. The van der Waals surface area contributed by atoms with E-state index < -0.39 is 22.9 Å². The molecule has 6 nitrogen and oxygen atoms in total. The molecule has 0 radical (unpaired) electrons. The zero-order valence-electron chi connectivity index (χ0n) is 15.1. The molecule has 4 fully saturated rings. The maximum Gasteiger partial charge on any atom is 0.334 e. The first-order chi connectivity index (χ1) is 12.3. The van der Waals surface area contributed by atoms with E-state index in [1.54, 1.807) is 0 Å². The van der Waals surface area contributed by atoms with E-state index in [0.29, 0.717) is 13.0 Å². The lowest BCUT2D eigenvalue weighted by atomic mass is 9.50. The van der Waals surface area contributed by atoms with Crippen molar-refractivity contribution < 1.29 is 28.8 Å². The van der Waals surface area contributed by atoms with Crippen LogP contribution in [0, 0.1) is 11.3 Å². The van der Waals surface area contributed by atoms with E-state index in [1.807, 2.05) is 0 Å². The van der Waals surface area contributed by atoms with Crippen LogP contribution in [0.3, 0.4) is 0 Å². The maximum atomic E-state index is 12.0. The average Bonchev–Trinajstić information content (AvgIpc) is 3.47. The Morgan fingerprint density at radius 2 is 2.00 bits per heavy atom. The third-order valence-corrected chi connectivity index (χ3v) is 8.54. The van der Waals surface area contributed by atoms with E-state index in [0.717, 1.165) is 23.1 Å². The fourth-order valence-electron chi connectivity index (χ4n) is 7.10. The lowest BCUT2D eigenvalue weighted by molar-refractivity contribution is -0.136. The molecule has 0 bridgehead atoms. The van der Waals surface area contributed by atoms with Crippen molar-refractivity contribution in [2.75, 3.05) is 6.61 Å². The summed E-state index contributed by atoms with van der Waals surface area (Å²) in [6.07, 6.45) is 2.62. The van der Waals surface area contributed by atoms with Crippen LogP contribution in [0.2, 0.25) is 0 Å². The molecule has 3 saturated heterocycles. The molecule has 0 unspecified atom stereocenters. The number of carbonyl (C=O) groups excluding carboxylic acids is 1. The van der Waals surface area contributed by atoms with E-state index in [-0.39, 0.29) is 35.6 Å². The van der Waals surface area contributed by atoms with Crippen LogP contribution in [0.15, 0.2) is 22.8 Å². The van der Waals surface area contributed by atoms with Crippen molar-refractivity contribution in [3.63, 3.8) is 0 Å². The van der Waals surface area contributed by atoms with E-state index >= 15 is 0 Å². The van der Waals surface area contributed by atoms with E-state index in [4.69, 9.17) is 18.9 Å². The van der Waals surface area contributed by atoms with Crippen molar-refractivity contribution in [3.8, 4) is 0 Å². The first-order valence-electron chi connectivity index (χ1n) is 9.68. The van der Waals surface area contributed by atoms with Crippen LogP contribution >= 0.6 is 0 Å². The van der Waals surface area contributed by atoms with Crippen LogP contribution < -0.4 is 0 Å². The number of esters is 1. The highest BCUT2D eigenvalue weighted by molar-refractivity contribution is 5.94. The van der Waals surface area contributed by atoms with Crippen LogP contribution in [0.4, 0.5) is 0 Å². The van der Waals surface area contributed by atoms with Crippen molar-refractivity contribution in [2.45, 2.75) is 74.8 Å². The first kappa shape index (κ1) is 14.8. The molecule has 26 heavy (non-hydrogen) atoms. The Bertz CT molecular complexity index is 874. The van der Waals surface area contributed by atoms with Gasteiger partial charge >= 0.3 is 5.97 Å². The summed E-state index contributed by atoms with van der Waals surface area (Å²) in [6, 6.07) is 0. The fraction of sp³-hybridized carbons (Fsp3) is 0.750. The monoisotopic (exact) mass is 358 g/mol. The molecule has 4 aliphatic heterocycles. The summed E-state index contributed by atoms with van der Waals surface area (Å²) in [5, 5.41) is 11.4. The first-order valence-corrected chi connectivity index (χ1v) is 9.68. The van der Waals surface area contributed by atoms with Crippen LogP contribution in [0.1, 0.15) is 33.6 Å². The number of rotatable bonds is 1. The molecule has 3 aliphatic carbocycles. The number of aliphatic hydroxyl groups is 1. The number of carbonyl (C=O) groups is 1. The highest BCUT2D eigenvalue weighted by Gasteiger charge is 2.99. The number of aliphatic hydroxyl groups excluding tert-OH is 1. The summed E-state index contributed by atoms with van der Waals surface area (Å²) < 4.78 is 24.2. The van der Waals surface area contributed by atoms with Crippen molar-refractivity contribution >= 4 is 5.97 Å². The van der Waals surface area contributed by atoms with Gasteiger partial charge in [-0.2, -0.15) is 0 Å². The number of fused-ring (bicyclic) bond motifs is 4. The predicted octanol–water partition coefficient (Wildman–Crippen LogP) is 1.02. The molecule has 138 valence electrons. The fourth-order valence-corrected chi connectivity index (χ4v) is 7.10. The minimum absolute atomic E-state index is 0.0489. The Morgan fingerprint density at radius 3 is 2.77 bits per heavy atom. The zero-order chi connectivity index (χ0) is 17.9. The molecule has 1 N–H and O–H groups in total. The van der Waals surface area contributed by atoms with E-state index in [2.05, 4.69) is 26.8 Å². The Hall–Kier alpha value is -1.21. The topological polar surface area (TPSA) is 84.1 Å². The number of ether oxygens (including phenoxy) is 4. The van der Waals surface area contributed by atoms with Crippen LogP contribution in [0.5, 0.6) is 0 Å². The number of cyclic esters (lactones) is 1.